The summed E-state index contributed by atoms with van der Waals surface area (Å²) in [5, 5.41) is 11.3. The molecule has 1 heterocycles. The van der Waals surface area contributed by atoms with Crippen LogP contribution in [0.5, 0.6) is 0 Å². The lowest BCUT2D eigenvalue weighted by Crippen LogP contribution is -2.26. The van der Waals surface area contributed by atoms with E-state index < -0.39 is 17.8 Å². The van der Waals surface area contributed by atoms with Crippen molar-refractivity contribution in [3.63, 3.8) is 0 Å². The van der Waals surface area contributed by atoms with Gasteiger partial charge in [0.05, 0.1) is 11.6 Å². The highest BCUT2D eigenvalue weighted by Gasteiger charge is 2.23. The number of hydrogen-bond donors (Lipinski definition) is 1. The molecule has 2 rings (SSSR count). The Morgan fingerprint density at radius 2 is 1.95 bits per heavy atom. The van der Waals surface area contributed by atoms with Crippen LogP contribution >= 0.6 is 15.9 Å². The monoisotopic (exact) mass is 367 g/mol. The van der Waals surface area contributed by atoms with E-state index in [1.165, 1.54) is 4.57 Å². The van der Waals surface area contributed by atoms with Gasteiger partial charge in [-0.15, -0.1) is 0 Å². The maximum atomic E-state index is 12.4. The molecule has 0 spiro atoms. The minimum atomic E-state index is -0.588. The highest BCUT2D eigenvalue weighted by atomic mass is 79.9. The average Bonchev–Trinajstić information content (AvgIpc) is 2.73. The lowest BCUT2D eigenvalue weighted by molar-refractivity contribution is 0.0544. The van der Waals surface area contributed by atoms with Gasteiger partial charge in [-0.1, -0.05) is 26.0 Å². The fraction of sp³-hybridized carbons (Fsp3) is 0.471. The van der Waals surface area contributed by atoms with E-state index in [9.17, 15) is 9.90 Å². The molecule has 0 fully saturated rings. The van der Waals surface area contributed by atoms with Crippen molar-refractivity contribution in [2.75, 3.05) is 0 Å². The van der Waals surface area contributed by atoms with Crippen molar-refractivity contribution >= 4 is 32.9 Å². The standard InChI is InChI=1S/C17H22BrNO3/c1-10(2)15(20)11-7-6-8-13-14(11)12(18)9-19(13)16(21)22-17(3,4)5/h6-10,15,20H,1-5H3. The van der Waals surface area contributed by atoms with Gasteiger partial charge in [0.15, 0.2) is 0 Å². The SMILES string of the molecule is CC(C)C(O)c1cccc2c1c(Br)cn2C(=O)OC(C)(C)C. The van der Waals surface area contributed by atoms with Crippen LogP contribution in [0.15, 0.2) is 28.9 Å². The van der Waals surface area contributed by atoms with Crippen LogP contribution in [0.25, 0.3) is 10.9 Å². The van der Waals surface area contributed by atoms with Gasteiger partial charge in [0, 0.05) is 16.1 Å². The van der Waals surface area contributed by atoms with Crippen molar-refractivity contribution in [2.45, 2.75) is 46.3 Å². The highest BCUT2D eigenvalue weighted by Crippen LogP contribution is 2.35. The van der Waals surface area contributed by atoms with Gasteiger partial charge in [-0.25, -0.2) is 4.79 Å². The van der Waals surface area contributed by atoms with Crippen LogP contribution in [0.4, 0.5) is 4.79 Å². The Kier molecular flexibility index (Phi) is 4.68. The summed E-state index contributed by atoms with van der Waals surface area (Å²) in [4.78, 5) is 12.4. The van der Waals surface area contributed by atoms with E-state index in [0.29, 0.717) is 0 Å². The second-order valence-corrected chi connectivity index (χ2v) is 7.61. The van der Waals surface area contributed by atoms with Gasteiger partial charge in [0.2, 0.25) is 0 Å². The zero-order valence-corrected chi connectivity index (χ0v) is 15.1. The normalized spacial score (nSPS) is 13.6. The van der Waals surface area contributed by atoms with E-state index in [2.05, 4.69) is 15.9 Å². The molecule has 2 aromatic rings. The van der Waals surface area contributed by atoms with Crippen molar-refractivity contribution < 1.29 is 14.6 Å². The molecule has 0 saturated heterocycles. The number of aliphatic hydroxyl groups excluding tert-OH is 1. The molecule has 1 aromatic carbocycles. The predicted octanol–water partition coefficient (Wildman–Crippen LogP) is 4.88. The summed E-state index contributed by atoms with van der Waals surface area (Å²) in [7, 11) is 0. The number of carbonyl (C=O) groups excluding carboxylic acids is 1. The minimum absolute atomic E-state index is 0.0855. The number of aliphatic hydroxyl groups is 1. The number of benzene rings is 1. The molecule has 5 heteroatoms. The number of halogens is 1. The van der Waals surface area contributed by atoms with Gasteiger partial charge in [-0.3, -0.25) is 4.57 Å². The summed E-state index contributed by atoms with van der Waals surface area (Å²) in [6, 6.07) is 5.58. The van der Waals surface area contributed by atoms with E-state index in [4.69, 9.17) is 4.74 Å². The van der Waals surface area contributed by atoms with Gasteiger partial charge in [0.25, 0.3) is 0 Å². The maximum Gasteiger partial charge on any atom is 0.419 e. The summed E-state index contributed by atoms with van der Waals surface area (Å²) < 4.78 is 7.67. The molecule has 0 bridgehead atoms. The minimum Gasteiger partial charge on any atom is -0.443 e. The summed E-state index contributed by atoms with van der Waals surface area (Å²) >= 11 is 3.49. The first kappa shape index (κ1) is 17.0. The van der Waals surface area contributed by atoms with Gasteiger partial charge in [0.1, 0.15) is 5.60 Å². The number of carbonyl (C=O) groups is 1. The molecule has 0 amide bonds. The lowest BCUT2D eigenvalue weighted by Gasteiger charge is -2.20. The average molecular weight is 368 g/mol. The van der Waals surface area contributed by atoms with Crippen molar-refractivity contribution in [3.8, 4) is 0 Å². The number of nitrogens with zero attached hydrogens (tertiary/aromatic N) is 1. The van der Waals surface area contributed by atoms with Gasteiger partial charge < -0.3 is 9.84 Å². The Morgan fingerprint density at radius 1 is 1.32 bits per heavy atom. The van der Waals surface area contributed by atoms with Crippen LogP contribution in [0, 0.1) is 5.92 Å². The third-order valence-electron chi connectivity index (χ3n) is 3.36. The molecule has 1 N–H and O–H groups in total. The summed E-state index contributed by atoms with van der Waals surface area (Å²) in [5.41, 5.74) is 0.967. The van der Waals surface area contributed by atoms with Crippen molar-refractivity contribution in [3.05, 3.63) is 34.4 Å². The predicted molar refractivity (Wildman–Crippen MR) is 91.1 cm³/mol. The Bertz CT molecular complexity index is 698. The quantitative estimate of drug-likeness (QED) is 0.822. The zero-order valence-electron chi connectivity index (χ0n) is 13.6. The molecule has 0 saturated carbocycles. The van der Waals surface area contributed by atoms with E-state index in [1.807, 2.05) is 52.8 Å². The Morgan fingerprint density at radius 3 is 2.50 bits per heavy atom. The number of aromatic nitrogens is 1. The molecule has 1 aromatic heterocycles. The first-order valence-electron chi connectivity index (χ1n) is 7.32. The summed E-state index contributed by atoms with van der Waals surface area (Å²) in [6.45, 7) is 9.42. The van der Waals surface area contributed by atoms with E-state index >= 15 is 0 Å². The van der Waals surface area contributed by atoms with E-state index in [1.54, 1.807) is 6.20 Å². The Balaban J connectivity index is 2.57. The van der Waals surface area contributed by atoms with Crippen LogP contribution in [0.3, 0.4) is 0 Å². The largest absolute Gasteiger partial charge is 0.443 e. The molecule has 0 aliphatic rings. The number of ether oxygens (including phenoxy) is 1. The van der Waals surface area contributed by atoms with Crippen LogP contribution in [0.2, 0.25) is 0 Å². The number of rotatable bonds is 2. The highest BCUT2D eigenvalue weighted by molar-refractivity contribution is 9.10. The van der Waals surface area contributed by atoms with Crippen LogP contribution < -0.4 is 0 Å². The lowest BCUT2D eigenvalue weighted by atomic mass is 9.96. The molecule has 1 atom stereocenters. The molecular formula is C17H22BrNO3. The molecule has 0 aliphatic carbocycles. The van der Waals surface area contributed by atoms with Gasteiger partial charge in [-0.2, -0.15) is 0 Å². The van der Waals surface area contributed by atoms with Crippen molar-refractivity contribution in [1.29, 1.82) is 0 Å². The Labute approximate surface area is 139 Å². The molecular weight excluding hydrogens is 346 g/mol. The second-order valence-electron chi connectivity index (χ2n) is 6.76. The first-order chi connectivity index (χ1) is 10.1. The van der Waals surface area contributed by atoms with Crippen LogP contribution in [0.1, 0.15) is 46.3 Å². The second kappa shape index (κ2) is 6.05. The molecule has 0 radical (unpaired) electrons. The van der Waals surface area contributed by atoms with Gasteiger partial charge >= 0.3 is 6.09 Å². The van der Waals surface area contributed by atoms with Crippen LogP contribution in [-0.2, 0) is 4.74 Å². The topological polar surface area (TPSA) is 51.5 Å². The first-order valence-corrected chi connectivity index (χ1v) is 8.12. The fourth-order valence-electron chi connectivity index (χ4n) is 2.33. The Hall–Kier alpha value is -1.33. The zero-order chi connectivity index (χ0) is 16.7. The van der Waals surface area contributed by atoms with Crippen molar-refractivity contribution in [2.24, 2.45) is 5.92 Å². The molecule has 0 aliphatic heterocycles. The third kappa shape index (κ3) is 3.36. The van der Waals surface area contributed by atoms with E-state index in [0.717, 1.165) is 20.9 Å². The number of fused-ring (bicyclic) bond motifs is 1. The molecule has 1 unspecified atom stereocenters. The third-order valence-corrected chi connectivity index (χ3v) is 3.96. The van der Waals surface area contributed by atoms with Crippen LogP contribution in [-0.4, -0.2) is 21.4 Å². The van der Waals surface area contributed by atoms with Crippen molar-refractivity contribution in [1.82, 2.24) is 4.57 Å². The maximum absolute atomic E-state index is 12.4. The smallest absolute Gasteiger partial charge is 0.419 e. The molecule has 22 heavy (non-hydrogen) atoms. The van der Waals surface area contributed by atoms with E-state index in [-0.39, 0.29) is 5.92 Å². The van der Waals surface area contributed by atoms with Gasteiger partial charge in [-0.05, 0) is 54.2 Å². The fourth-order valence-corrected chi connectivity index (χ4v) is 2.97. The summed E-state index contributed by atoms with van der Waals surface area (Å²) in [5.74, 6) is 0.0855. The molecule has 4 nitrogen and oxygen atoms in total. The number of hydrogen-bond acceptors (Lipinski definition) is 3. The summed E-state index contributed by atoms with van der Waals surface area (Å²) in [6.07, 6.45) is 0.670. The molecule has 120 valence electrons.